The molecule has 0 aliphatic rings. The van der Waals surface area contributed by atoms with Gasteiger partial charge in [0.05, 0.1) is 10.0 Å². The van der Waals surface area contributed by atoms with Gasteiger partial charge in [-0.3, -0.25) is 5.32 Å². The standard InChI is InChI=1S/C18H22Cl2N4O/c1-23(2)10-5-11-24(13-14-7-8-15(19)16(20)12-14)18(25)22-17-6-3-4-9-21-17/h3-4,6-9,12H,5,10-11,13H2,1-2H3,(H,21,22,25). The Hall–Kier alpha value is -1.82. The Morgan fingerprint density at radius 1 is 1.12 bits per heavy atom. The fourth-order valence-electron chi connectivity index (χ4n) is 2.31. The summed E-state index contributed by atoms with van der Waals surface area (Å²) < 4.78 is 0. The number of nitrogens with one attached hydrogen (secondary N) is 1. The minimum absolute atomic E-state index is 0.191. The quantitative estimate of drug-likeness (QED) is 0.775. The van der Waals surface area contributed by atoms with Crippen LogP contribution >= 0.6 is 23.2 Å². The number of hydrogen-bond acceptors (Lipinski definition) is 3. The van der Waals surface area contributed by atoms with Crippen LogP contribution in [0.4, 0.5) is 10.6 Å². The Labute approximate surface area is 158 Å². The van der Waals surface area contributed by atoms with Crippen molar-refractivity contribution in [2.45, 2.75) is 13.0 Å². The minimum atomic E-state index is -0.191. The summed E-state index contributed by atoms with van der Waals surface area (Å²) in [6.07, 6.45) is 2.51. The summed E-state index contributed by atoms with van der Waals surface area (Å²) in [6, 6.07) is 10.6. The van der Waals surface area contributed by atoms with Gasteiger partial charge in [0.25, 0.3) is 0 Å². The van der Waals surface area contributed by atoms with Gasteiger partial charge in [0.15, 0.2) is 0 Å². The van der Waals surface area contributed by atoms with Crippen LogP contribution in [0, 0.1) is 0 Å². The molecule has 134 valence electrons. The van der Waals surface area contributed by atoms with Crippen molar-refractivity contribution in [3.8, 4) is 0 Å². The van der Waals surface area contributed by atoms with E-state index in [4.69, 9.17) is 23.2 Å². The number of carbonyl (C=O) groups is 1. The smallest absolute Gasteiger partial charge is 0.320 e. The van der Waals surface area contributed by atoms with Crippen LogP contribution in [0.3, 0.4) is 0 Å². The van der Waals surface area contributed by atoms with Crippen molar-refractivity contribution in [2.24, 2.45) is 0 Å². The average molecular weight is 381 g/mol. The van der Waals surface area contributed by atoms with E-state index in [0.29, 0.717) is 29.0 Å². The molecule has 1 aromatic carbocycles. The summed E-state index contributed by atoms with van der Waals surface area (Å²) in [6.45, 7) is 1.97. The van der Waals surface area contributed by atoms with Gasteiger partial charge in [0.1, 0.15) is 5.82 Å². The number of anilines is 1. The molecule has 0 saturated heterocycles. The van der Waals surface area contributed by atoms with Crippen LogP contribution in [0.15, 0.2) is 42.6 Å². The van der Waals surface area contributed by atoms with Crippen LogP contribution in [0.1, 0.15) is 12.0 Å². The van der Waals surface area contributed by atoms with E-state index in [2.05, 4.69) is 15.2 Å². The SMILES string of the molecule is CN(C)CCCN(Cc1ccc(Cl)c(Cl)c1)C(=O)Nc1ccccn1. The first-order chi connectivity index (χ1) is 12.0. The van der Waals surface area contributed by atoms with E-state index >= 15 is 0 Å². The monoisotopic (exact) mass is 380 g/mol. The first-order valence-electron chi connectivity index (χ1n) is 8.01. The molecule has 0 fully saturated rings. The molecule has 0 atom stereocenters. The van der Waals surface area contributed by atoms with E-state index in [1.165, 1.54) is 0 Å². The highest BCUT2D eigenvalue weighted by molar-refractivity contribution is 6.42. The second kappa shape index (κ2) is 9.61. The molecule has 0 aliphatic heterocycles. The van der Waals surface area contributed by atoms with Crippen molar-refractivity contribution in [2.75, 3.05) is 32.5 Å². The Morgan fingerprint density at radius 2 is 1.92 bits per heavy atom. The minimum Gasteiger partial charge on any atom is -0.320 e. The summed E-state index contributed by atoms with van der Waals surface area (Å²) in [5.74, 6) is 0.527. The predicted molar refractivity (Wildman–Crippen MR) is 103 cm³/mol. The van der Waals surface area contributed by atoms with Crippen molar-refractivity contribution < 1.29 is 4.79 Å². The van der Waals surface area contributed by atoms with Crippen LogP contribution in [-0.4, -0.2) is 48.0 Å². The Kier molecular flexibility index (Phi) is 7.50. The van der Waals surface area contributed by atoms with E-state index in [9.17, 15) is 4.79 Å². The summed E-state index contributed by atoms with van der Waals surface area (Å²) in [5.41, 5.74) is 0.926. The lowest BCUT2D eigenvalue weighted by Gasteiger charge is -2.24. The van der Waals surface area contributed by atoms with Crippen LogP contribution in [0.5, 0.6) is 0 Å². The molecule has 2 rings (SSSR count). The number of halogens is 2. The Bertz CT molecular complexity index is 695. The lowest BCUT2D eigenvalue weighted by molar-refractivity contribution is 0.205. The summed E-state index contributed by atoms with van der Waals surface area (Å²) in [5, 5.41) is 3.82. The normalized spacial score (nSPS) is 10.8. The zero-order chi connectivity index (χ0) is 18.2. The Balaban J connectivity index is 2.07. The summed E-state index contributed by atoms with van der Waals surface area (Å²) in [4.78, 5) is 20.6. The number of pyridine rings is 1. The zero-order valence-electron chi connectivity index (χ0n) is 14.4. The third-order valence-corrected chi connectivity index (χ3v) is 4.32. The average Bonchev–Trinajstić information content (AvgIpc) is 2.57. The molecule has 1 heterocycles. The maximum absolute atomic E-state index is 12.6. The fraction of sp³-hybridized carbons (Fsp3) is 0.333. The van der Waals surface area contributed by atoms with E-state index < -0.39 is 0 Å². The topological polar surface area (TPSA) is 48.5 Å². The molecule has 0 spiro atoms. The second-order valence-corrected chi connectivity index (χ2v) is 6.79. The van der Waals surface area contributed by atoms with E-state index in [-0.39, 0.29) is 6.03 Å². The van der Waals surface area contributed by atoms with Crippen LogP contribution in [0.2, 0.25) is 10.0 Å². The number of aromatic nitrogens is 1. The van der Waals surface area contributed by atoms with E-state index in [1.54, 1.807) is 35.4 Å². The molecule has 25 heavy (non-hydrogen) atoms. The lowest BCUT2D eigenvalue weighted by Crippen LogP contribution is -2.36. The highest BCUT2D eigenvalue weighted by atomic mass is 35.5. The molecule has 1 aromatic heterocycles. The molecule has 1 N–H and O–H groups in total. The highest BCUT2D eigenvalue weighted by Crippen LogP contribution is 2.23. The van der Waals surface area contributed by atoms with Crippen molar-refractivity contribution >= 4 is 35.1 Å². The molecule has 0 unspecified atom stereocenters. The zero-order valence-corrected chi connectivity index (χ0v) is 15.9. The first-order valence-corrected chi connectivity index (χ1v) is 8.77. The van der Waals surface area contributed by atoms with Gasteiger partial charge in [0, 0.05) is 19.3 Å². The van der Waals surface area contributed by atoms with Gasteiger partial charge in [-0.2, -0.15) is 0 Å². The third-order valence-electron chi connectivity index (χ3n) is 3.58. The van der Waals surface area contributed by atoms with Crippen molar-refractivity contribution in [3.05, 3.63) is 58.2 Å². The van der Waals surface area contributed by atoms with Gasteiger partial charge in [-0.05, 0) is 56.9 Å². The van der Waals surface area contributed by atoms with E-state index in [1.807, 2.05) is 26.2 Å². The van der Waals surface area contributed by atoms with Gasteiger partial charge >= 0.3 is 6.03 Å². The van der Waals surface area contributed by atoms with Crippen LogP contribution in [0.25, 0.3) is 0 Å². The Morgan fingerprint density at radius 3 is 2.56 bits per heavy atom. The number of nitrogens with zero attached hydrogens (tertiary/aromatic N) is 3. The number of carbonyl (C=O) groups excluding carboxylic acids is 1. The number of amides is 2. The first kappa shape index (κ1) is 19.5. The molecule has 7 heteroatoms. The molecular formula is C18H22Cl2N4O. The fourth-order valence-corrected chi connectivity index (χ4v) is 2.63. The molecule has 0 bridgehead atoms. The third kappa shape index (κ3) is 6.53. The highest BCUT2D eigenvalue weighted by Gasteiger charge is 2.15. The molecule has 0 radical (unpaired) electrons. The van der Waals surface area contributed by atoms with Crippen molar-refractivity contribution in [1.29, 1.82) is 0 Å². The molecule has 2 aromatic rings. The van der Waals surface area contributed by atoms with Gasteiger partial charge in [0.2, 0.25) is 0 Å². The second-order valence-electron chi connectivity index (χ2n) is 5.97. The van der Waals surface area contributed by atoms with Crippen LogP contribution < -0.4 is 5.32 Å². The predicted octanol–water partition coefficient (Wildman–Crippen LogP) is 4.37. The molecule has 2 amide bonds. The largest absolute Gasteiger partial charge is 0.323 e. The summed E-state index contributed by atoms with van der Waals surface area (Å²) >= 11 is 12.1. The maximum atomic E-state index is 12.6. The molecule has 0 aliphatic carbocycles. The van der Waals surface area contributed by atoms with Crippen molar-refractivity contribution in [1.82, 2.24) is 14.8 Å². The number of rotatable bonds is 7. The van der Waals surface area contributed by atoms with Gasteiger partial charge < -0.3 is 9.80 Å². The van der Waals surface area contributed by atoms with Crippen LogP contribution in [-0.2, 0) is 6.54 Å². The maximum Gasteiger partial charge on any atom is 0.323 e. The number of benzene rings is 1. The van der Waals surface area contributed by atoms with E-state index in [0.717, 1.165) is 18.5 Å². The van der Waals surface area contributed by atoms with Gasteiger partial charge in [-0.1, -0.05) is 35.3 Å². The van der Waals surface area contributed by atoms with Crippen molar-refractivity contribution in [3.63, 3.8) is 0 Å². The number of urea groups is 1. The van der Waals surface area contributed by atoms with Gasteiger partial charge in [-0.25, -0.2) is 9.78 Å². The van der Waals surface area contributed by atoms with Gasteiger partial charge in [-0.15, -0.1) is 0 Å². The molecule has 0 saturated carbocycles. The lowest BCUT2D eigenvalue weighted by atomic mass is 10.2. The molecule has 5 nitrogen and oxygen atoms in total. The number of hydrogen-bond donors (Lipinski definition) is 1. The molecular weight excluding hydrogens is 359 g/mol. The summed E-state index contributed by atoms with van der Waals surface area (Å²) in [7, 11) is 4.02.